The molecular formula is C12H17N3O2. The fourth-order valence-electron chi connectivity index (χ4n) is 2.12. The molecule has 5 nitrogen and oxygen atoms in total. The number of pyridine rings is 1. The van der Waals surface area contributed by atoms with Gasteiger partial charge in [-0.25, -0.2) is 0 Å². The molecule has 1 aromatic rings. The SMILES string of the molecule is CN(CC1CCCN1)C(=O)c1cc[nH]c(=O)c1. The summed E-state index contributed by atoms with van der Waals surface area (Å²) in [6.45, 7) is 1.71. The minimum Gasteiger partial charge on any atom is -0.340 e. The van der Waals surface area contributed by atoms with Crippen LogP contribution in [0.15, 0.2) is 23.1 Å². The predicted molar refractivity (Wildman–Crippen MR) is 65.0 cm³/mol. The minimum absolute atomic E-state index is 0.107. The second-order valence-electron chi connectivity index (χ2n) is 4.42. The van der Waals surface area contributed by atoms with Crippen molar-refractivity contribution < 1.29 is 4.79 Å². The monoisotopic (exact) mass is 235 g/mol. The highest BCUT2D eigenvalue weighted by molar-refractivity contribution is 5.93. The van der Waals surface area contributed by atoms with E-state index in [0.29, 0.717) is 18.2 Å². The van der Waals surface area contributed by atoms with Crippen molar-refractivity contribution in [2.45, 2.75) is 18.9 Å². The van der Waals surface area contributed by atoms with Crippen LogP contribution < -0.4 is 10.9 Å². The second kappa shape index (κ2) is 5.14. The third kappa shape index (κ3) is 2.94. The Balaban J connectivity index is 2.01. The van der Waals surface area contributed by atoms with Gasteiger partial charge in [0, 0.05) is 37.5 Å². The molecule has 1 fully saturated rings. The number of nitrogens with zero attached hydrogens (tertiary/aromatic N) is 1. The summed E-state index contributed by atoms with van der Waals surface area (Å²) in [6.07, 6.45) is 3.77. The van der Waals surface area contributed by atoms with Crippen molar-refractivity contribution in [1.29, 1.82) is 0 Å². The molecule has 2 heterocycles. The zero-order chi connectivity index (χ0) is 12.3. The van der Waals surface area contributed by atoms with Crippen LogP contribution in [0.4, 0.5) is 0 Å². The summed E-state index contributed by atoms with van der Waals surface area (Å²) in [7, 11) is 1.77. The molecule has 2 N–H and O–H groups in total. The lowest BCUT2D eigenvalue weighted by molar-refractivity contribution is 0.0783. The molecular weight excluding hydrogens is 218 g/mol. The van der Waals surface area contributed by atoms with Crippen molar-refractivity contribution in [2.75, 3.05) is 20.1 Å². The molecule has 1 aliphatic rings. The molecule has 1 saturated heterocycles. The first-order chi connectivity index (χ1) is 8.16. The van der Waals surface area contributed by atoms with E-state index in [1.54, 1.807) is 18.0 Å². The van der Waals surface area contributed by atoms with Crippen LogP contribution in [0, 0.1) is 0 Å². The molecule has 5 heteroatoms. The van der Waals surface area contributed by atoms with E-state index in [2.05, 4.69) is 10.3 Å². The van der Waals surface area contributed by atoms with Gasteiger partial charge in [-0.15, -0.1) is 0 Å². The van der Waals surface area contributed by atoms with Gasteiger partial charge in [0.15, 0.2) is 0 Å². The van der Waals surface area contributed by atoms with Crippen LogP contribution in [0.25, 0.3) is 0 Å². The lowest BCUT2D eigenvalue weighted by Gasteiger charge is -2.21. The van der Waals surface area contributed by atoms with Gasteiger partial charge >= 0.3 is 0 Å². The Labute approximate surface area is 99.8 Å². The first-order valence-corrected chi connectivity index (χ1v) is 5.84. The molecule has 0 bridgehead atoms. The summed E-state index contributed by atoms with van der Waals surface area (Å²) >= 11 is 0. The number of likely N-dealkylation sites (N-methyl/N-ethyl adjacent to an activating group) is 1. The summed E-state index contributed by atoms with van der Waals surface area (Å²) in [6, 6.07) is 3.34. The minimum atomic E-state index is -0.247. The van der Waals surface area contributed by atoms with E-state index in [-0.39, 0.29) is 11.5 Å². The normalized spacial score (nSPS) is 19.2. The Bertz CT molecular complexity index is 449. The fourth-order valence-corrected chi connectivity index (χ4v) is 2.12. The van der Waals surface area contributed by atoms with Gasteiger partial charge in [-0.2, -0.15) is 0 Å². The maximum absolute atomic E-state index is 12.0. The number of amides is 1. The largest absolute Gasteiger partial charge is 0.340 e. The lowest BCUT2D eigenvalue weighted by Crippen LogP contribution is -2.38. The Morgan fingerprint density at radius 1 is 1.59 bits per heavy atom. The lowest BCUT2D eigenvalue weighted by atomic mass is 10.2. The van der Waals surface area contributed by atoms with E-state index in [0.717, 1.165) is 19.4 Å². The average Bonchev–Trinajstić information content (AvgIpc) is 2.80. The van der Waals surface area contributed by atoms with E-state index in [1.165, 1.54) is 12.3 Å². The van der Waals surface area contributed by atoms with Crippen LogP contribution >= 0.6 is 0 Å². The summed E-state index contributed by atoms with van der Waals surface area (Å²) in [5, 5.41) is 3.34. The van der Waals surface area contributed by atoms with Crippen LogP contribution in [-0.2, 0) is 0 Å². The molecule has 2 rings (SSSR count). The van der Waals surface area contributed by atoms with Crippen molar-refractivity contribution in [3.8, 4) is 0 Å². The zero-order valence-electron chi connectivity index (χ0n) is 9.90. The number of H-pyrrole nitrogens is 1. The van der Waals surface area contributed by atoms with Gasteiger partial charge < -0.3 is 15.2 Å². The van der Waals surface area contributed by atoms with Crippen molar-refractivity contribution >= 4 is 5.91 Å². The van der Waals surface area contributed by atoms with Crippen molar-refractivity contribution in [1.82, 2.24) is 15.2 Å². The van der Waals surface area contributed by atoms with Gasteiger partial charge in [-0.3, -0.25) is 9.59 Å². The number of aromatic nitrogens is 1. The first kappa shape index (κ1) is 11.9. The highest BCUT2D eigenvalue weighted by Gasteiger charge is 2.19. The summed E-state index contributed by atoms with van der Waals surface area (Å²) in [4.78, 5) is 27.3. The quantitative estimate of drug-likeness (QED) is 0.786. The standard InChI is InChI=1S/C12H17N3O2/c1-15(8-10-3-2-5-13-10)12(17)9-4-6-14-11(16)7-9/h4,6-7,10,13H,2-3,5,8H2,1H3,(H,14,16). The first-order valence-electron chi connectivity index (χ1n) is 5.84. The molecule has 1 aliphatic heterocycles. The average molecular weight is 235 g/mol. The number of carbonyl (C=O) groups excluding carboxylic acids is 1. The topological polar surface area (TPSA) is 65.2 Å². The number of nitrogens with one attached hydrogen (secondary N) is 2. The maximum atomic E-state index is 12.0. The molecule has 17 heavy (non-hydrogen) atoms. The maximum Gasteiger partial charge on any atom is 0.253 e. The number of aromatic amines is 1. The third-order valence-corrected chi connectivity index (χ3v) is 3.03. The zero-order valence-corrected chi connectivity index (χ0v) is 9.90. The summed E-state index contributed by atoms with van der Waals surface area (Å²) in [5.41, 5.74) is 0.192. The van der Waals surface area contributed by atoms with E-state index >= 15 is 0 Å². The molecule has 0 radical (unpaired) electrons. The van der Waals surface area contributed by atoms with Crippen molar-refractivity contribution in [2.24, 2.45) is 0 Å². The van der Waals surface area contributed by atoms with Crippen LogP contribution in [0.2, 0.25) is 0 Å². The second-order valence-corrected chi connectivity index (χ2v) is 4.42. The van der Waals surface area contributed by atoms with Crippen LogP contribution in [0.3, 0.4) is 0 Å². The Morgan fingerprint density at radius 3 is 3.06 bits per heavy atom. The van der Waals surface area contributed by atoms with Gasteiger partial charge in [-0.05, 0) is 25.5 Å². The van der Waals surface area contributed by atoms with Crippen molar-refractivity contribution in [3.63, 3.8) is 0 Å². The number of hydrogen-bond donors (Lipinski definition) is 2. The molecule has 0 aliphatic carbocycles. The van der Waals surface area contributed by atoms with Crippen LogP contribution in [0.5, 0.6) is 0 Å². The van der Waals surface area contributed by atoms with E-state index in [1.807, 2.05) is 0 Å². The van der Waals surface area contributed by atoms with Gasteiger partial charge in [0.1, 0.15) is 0 Å². The van der Waals surface area contributed by atoms with Gasteiger partial charge in [0.25, 0.3) is 5.91 Å². The van der Waals surface area contributed by atoms with Crippen LogP contribution in [0.1, 0.15) is 23.2 Å². The van der Waals surface area contributed by atoms with E-state index in [9.17, 15) is 9.59 Å². The molecule has 0 aromatic carbocycles. The smallest absolute Gasteiger partial charge is 0.253 e. The highest BCUT2D eigenvalue weighted by atomic mass is 16.2. The molecule has 92 valence electrons. The third-order valence-electron chi connectivity index (χ3n) is 3.03. The van der Waals surface area contributed by atoms with Gasteiger partial charge in [-0.1, -0.05) is 0 Å². The molecule has 0 saturated carbocycles. The van der Waals surface area contributed by atoms with Crippen molar-refractivity contribution in [3.05, 3.63) is 34.2 Å². The molecule has 0 spiro atoms. The Morgan fingerprint density at radius 2 is 2.41 bits per heavy atom. The predicted octanol–water partition coefficient (Wildman–Crippen LogP) is 0.199. The summed E-state index contributed by atoms with van der Waals surface area (Å²) in [5.74, 6) is -0.107. The molecule has 1 amide bonds. The summed E-state index contributed by atoms with van der Waals surface area (Å²) < 4.78 is 0. The van der Waals surface area contributed by atoms with Gasteiger partial charge in [0.05, 0.1) is 0 Å². The highest BCUT2D eigenvalue weighted by Crippen LogP contribution is 2.08. The number of rotatable bonds is 3. The Hall–Kier alpha value is -1.62. The number of carbonyl (C=O) groups is 1. The van der Waals surface area contributed by atoms with Crippen LogP contribution in [-0.4, -0.2) is 42.0 Å². The fraction of sp³-hybridized carbons (Fsp3) is 0.500. The van der Waals surface area contributed by atoms with E-state index < -0.39 is 0 Å². The number of hydrogen-bond acceptors (Lipinski definition) is 3. The molecule has 1 atom stereocenters. The van der Waals surface area contributed by atoms with Gasteiger partial charge in [0.2, 0.25) is 5.56 Å². The molecule has 1 unspecified atom stereocenters. The Kier molecular flexibility index (Phi) is 3.58. The molecule has 1 aromatic heterocycles. The van der Waals surface area contributed by atoms with E-state index in [4.69, 9.17) is 0 Å².